The molecule has 1 aliphatic rings. The minimum atomic E-state index is -0.108. The third-order valence-corrected chi connectivity index (χ3v) is 6.56. The normalized spacial score (nSPS) is 15.6. The van der Waals surface area contributed by atoms with Gasteiger partial charge in [0.05, 0.1) is 17.7 Å². The van der Waals surface area contributed by atoms with Crippen molar-refractivity contribution >= 4 is 68.5 Å². The van der Waals surface area contributed by atoms with E-state index in [1.807, 2.05) is 73.0 Å². The summed E-state index contributed by atoms with van der Waals surface area (Å²) in [5.41, 5.74) is 1.68. The highest BCUT2D eigenvalue weighted by Gasteiger charge is 2.33. The molecule has 0 saturated carbocycles. The number of methoxy groups -OCH3 is 1. The Morgan fingerprint density at radius 2 is 1.93 bits per heavy atom. The van der Waals surface area contributed by atoms with E-state index in [1.54, 1.807) is 23.8 Å². The van der Waals surface area contributed by atoms with Gasteiger partial charge in [0.15, 0.2) is 4.32 Å². The number of carbonyl (C=O) groups is 1. The van der Waals surface area contributed by atoms with Crippen LogP contribution in [0.4, 0.5) is 5.69 Å². The van der Waals surface area contributed by atoms with Gasteiger partial charge in [-0.25, -0.2) is 0 Å². The molecule has 0 aliphatic carbocycles. The Kier molecular flexibility index (Phi) is 5.44. The number of hydrogen-bond donors (Lipinski definition) is 0. The van der Waals surface area contributed by atoms with Crippen molar-refractivity contribution in [1.82, 2.24) is 0 Å². The summed E-state index contributed by atoms with van der Waals surface area (Å²) in [5, 5.41) is 2.13. The van der Waals surface area contributed by atoms with Crippen LogP contribution >= 0.6 is 35.7 Å². The molecule has 0 atom stereocenters. The third kappa shape index (κ3) is 3.43. The van der Waals surface area contributed by atoms with E-state index < -0.39 is 0 Å². The zero-order valence-electron chi connectivity index (χ0n) is 15.3. The minimum Gasteiger partial charge on any atom is -0.496 e. The summed E-state index contributed by atoms with van der Waals surface area (Å²) >= 11 is 8.47. The second kappa shape index (κ2) is 7.99. The van der Waals surface area contributed by atoms with Crippen molar-refractivity contribution in [2.75, 3.05) is 18.3 Å². The fourth-order valence-corrected chi connectivity index (χ4v) is 4.91. The molecule has 1 amide bonds. The van der Waals surface area contributed by atoms with E-state index in [2.05, 4.69) is 0 Å². The molecule has 6 heteroatoms. The van der Waals surface area contributed by atoms with Crippen molar-refractivity contribution in [3.8, 4) is 5.75 Å². The first-order valence-electron chi connectivity index (χ1n) is 8.60. The maximum absolute atomic E-state index is 13.2. The van der Waals surface area contributed by atoms with Crippen LogP contribution in [0.25, 0.3) is 16.8 Å². The number of ether oxygens (including phenoxy) is 1. The lowest BCUT2D eigenvalue weighted by Gasteiger charge is -2.15. The van der Waals surface area contributed by atoms with E-state index in [0.29, 0.717) is 9.23 Å². The highest BCUT2D eigenvalue weighted by molar-refractivity contribution is 8.27. The minimum absolute atomic E-state index is 0.108. The average Bonchev–Trinajstić information content (AvgIpc) is 3.01. The van der Waals surface area contributed by atoms with Crippen LogP contribution in [0.5, 0.6) is 5.75 Å². The molecule has 1 saturated heterocycles. The second-order valence-corrected chi connectivity index (χ2v) is 8.68. The molecule has 0 bridgehead atoms. The van der Waals surface area contributed by atoms with Gasteiger partial charge in [0, 0.05) is 10.5 Å². The first kappa shape index (κ1) is 19.1. The quantitative estimate of drug-likeness (QED) is 0.293. The molecule has 0 N–H and O–H groups in total. The van der Waals surface area contributed by atoms with Gasteiger partial charge in [-0.1, -0.05) is 60.4 Å². The molecular weight excluding hydrogens is 406 g/mol. The summed E-state index contributed by atoms with van der Waals surface area (Å²) in [7, 11) is 1.64. The zero-order chi connectivity index (χ0) is 19.7. The molecule has 3 aromatic rings. The largest absolute Gasteiger partial charge is 0.496 e. The number of anilines is 1. The summed E-state index contributed by atoms with van der Waals surface area (Å²) in [6, 6.07) is 19.9. The van der Waals surface area contributed by atoms with Gasteiger partial charge in [-0.2, -0.15) is 0 Å². The van der Waals surface area contributed by atoms with Crippen molar-refractivity contribution in [1.29, 1.82) is 0 Å². The smallest absolute Gasteiger partial charge is 0.270 e. The SMILES string of the molecule is COc1ccc2ccccc2c1/C=C1/SC(=S)N(c2cccc(SC)c2)C1=O. The number of benzene rings is 3. The van der Waals surface area contributed by atoms with Crippen LogP contribution in [0.15, 0.2) is 70.5 Å². The molecular formula is C22H17NO2S3. The van der Waals surface area contributed by atoms with Crippen LogP contribution < -0.4 is 9.64 Å². The fraction of sp³-hybridized carbons (Fsp3) is 0.0909. The van der Waals surface area contributed by atoms with Gasteiger partial charge in [-0.15, -0.1) is 11.8 Å². The lowest BCUT2D eigenvalue weighted by Crippen LogP contribution is -2.27. The van der Waals surface area contributed by atoms with Crippen molar-refractivity contribution in [2.45, 2.75) is 4.90 Å². The summed E-state index contributed by atoms with van der Waals surface area (Å²) in [6.07, 6.45) is 3.90. The van der Waals surface area contributed by atoms with E-state index in [-0.39, 0.29) is 5.91 Å². The molecule has 1 fully saturated rings. The molecule has 0 spiro atoms. The van der Waals surface area contributed by atoms with E-state index in [4.69, 9.17) is 17.0 Å². The number of amides is 1. The monoisotopic (exact) mass is 423 g/mol. The first-order valence-corrected chi connectivity index (χ1v) is 11.0. The Morgan fingerprint density at radius 3 is 2.71 bits per heavy atom. The van der Waals surface area contributed by atoms with Gasteiger partial charge < -0.3 is 4.74 Å². The van der Waals surface area contributed by atoms with Crippen molar-refractivity contribution in [2.24, 2.45) is 0 Å². The maximum atomic E-state index is 13.2. The van der Waals surface area contributed by atoms with Crippen LogP contribution in [-0.2, 0) is 4.79 Å². The molecule has 1 heterocycles. The second-order valence-electron chi connectivity index (χ2n) is 6.12. The van der Waals surface area contributed by atoms with Crippen molar-refractivity contribution in [3.63, 3.8) is 0 Å². The number of carbonyl (C=O) groups excluding carboxylic acids is 1. The van der Waals surface area contributed by atoms with Gasteiger partial charge in [-0.05, 0) is 47.4 Å². The number of hydrogen-bond acceptors (Lipinski definition) is 5. The Balaban J connectivity index is 1.79. The fourth-order valence-electron chi connectivity index (χ4n) is 3.17. The maximum Gasteiger partial charge on any atom is 0.270 e. The van der Waals surface area contributed by atoms with Crippen molar-refractivity contribution < 1.29 is 9.53 Å². The molecule has 1 aliphatic heterocycles. The Morgan fingerprint density at radius 1 is 1.11 bits per heavy atom. The molecule has 28 heavy (non-hydrogen) atoms. The van der Waals surface area contributed by atoms with Crippen LogP contribution in [0.2, 0.25) is 0 Å². The van der Waals surface area contributed by atoms with E-state index in [0.717, 1.165) is 32.7 Å². The van der Waals surface area contributed by atoms with Gasteiger partial charge in [-0.3, -0.25) is 9.69 Å². The molecule has 0 radical (unpaired) electrons. The number of fused-ring (bicyclic) bond motifs is 1. The summed E-state index contributed by atoms with van der Waals surface area (Å²) < 4.78 is 6.09. The molecule has 3 nitrogen and oxygen atoms in total. The summed E-state index contributed by atoms with van der Waals surface area (Å²) in [5.74, 6) is 0.622. The van der Waals surface area contributed by atoms with Gasteiger partial charge >= 0.3 is 0 Å². The predicted molar refractivity (Wildman–Crippen MR) is 124 cm³/mol. The Bertz CT molecular complexity index is 1120. The standard InChI is InChI=1S/C22H17NO2S3/c1-25-19-11-10-14-6-3-4-9-17(14)18(19)13-20-21(24)23(22(26)28-20)15-7-5-8-16(12-15)27-2/h3-13H,1-2H3/b20-13+. The third-order valence-electron chi connectivity index (χ3n) is 4.53. The topological polar surface area (TPSA) is 29.5 Å². The molecule has 4 rings (SSSR count). The Labute approximate surface area is 177 Å². The lowest BCUT2D eigenvalue weighted by atomic mass is 10.0. The number of rotatable bonds is 4. The van der Waals surface area contributed by atoms with Gasteiger partial charge in [0.25, 0.3) is 5.91 Å². The van der Waals surface area contributed by atoms with E-state index in [1.165, 1.54) is 11.8 Å². The molecule has 0 aromatic heterocycles. The van der Waals surface area contributed by atoms with Crippen LogP contribution in [0.1, 0.15) is 5.56 Å². The van der Waals surface area contributed by atoms with Gasteiger partial charge in [0.2, 0.25) is 0 Å². The zero-order valence-corrected chi connectivity index (χ0v) is 17.8. The molecule has 3 aromatic carbocycles. The number of nitrogens with zero attached hydrogens (tertiary/aromatic N) is 1. The summed E-state index contributed by atoms with van der Waals surface area (Å²) in [4.78, 5) is 16.4. The summed E-state index contributed by atoms with van der Waals surface area (Å²) in [6.45, 7) is 0. The van der Waals surface area contributed by atoms with E-state index >= 15 is 0 Å². The average molecular weight is 424 g/mol. The number of thiocarbonyl (C=S) groups is 1. The predicted octanol–water partition coefficient (Wildman–Crippen LogP) is 5.98. The van der Waals surface area contributed by atoms with E-state index in [9.17, 15) is 4.79 Å². The first-order chi connectivity index (χ1) is 13.6. The van der Waals surface area contributed by atoms with Crippen LogP contribution in [-0.4, -0.2) is 23.6 Å². The van der Waals surface area contributed by atoms with Crippen molar-refractivity contribution in [3.05, 3.63) is 71.1 Å². The van der Waals surface area contributed by atoms with Gasteiger partial charge in [0.1, 0.15) is 5.75 Å². The lowest BCUT2D eigenvalue weighted by molar-refractivity contribution is -0.113. The number of thioether (sulfide) groups is 2. The Hall–Kier alpha value is -2.28. The highest BCUT2D eigenvalue weighted by Crippen LogP contribution is 2.39. The highest BCUT2D eigenvalue weighted by atomic mass is 32.2. The molecule has 0 unspecified atom stereocenters. The van der Waals surface area contributed by atoms with Crippen LogP contribution in [0, 0.1) is 0 Å². The van der Waals surface area contributed by atoms with Crippen LogP contribution in [0.3, 0.4) is 0 Å². The molecule has 140 valence electrons.